The standard InChI is InChI=1S/C52H32O.C34H23BO2.C18H11BrO/c1-2-18-39-36(13-1)32-47(41-20-4-3-19-40(39)41)35-15-12-17-38(30-35)52-45-24-7-5-22-43(45)51(44-23-6-8-25-46(44)52)37-16-11-14-33(29-37)34-27-28-50-48(31-34)42-21-9-10-26-49(42)53-50;36-35(37)34-30-18-7-5-16-28(30)33(29-17-6-8-19-31(29)34)24-12-9-11-22(20-24)32-21-23-10-1-2-13-25(23)26-14-3-4-15-27(26)32;19-14-5-3-4-12(10-14)13-8-9-18-16(11-13)15-6-1-2-7-17(15)20-18/h1-32H;1-21,36-37H;1-11H. The summed E-state index contributed by atoms with van der Waals surface area (Å²) in [4.78, 5) is 0. The second-order valence-electron chi connectivity index (χ2n) is 28.3. The lowest BCUT2D eigenvalue weighted by atomic mass is 9.72. The summed E-state index contributed by atoms with van der Waals surface area (Å²) < 4.78 is 13.1. The van der Waals surface area contributed by atoms with Crippen molar-refractivity contribution in [1.29, 1.82) is 0 Å². The number of furan rings is 2. The predicted octanol–water partition coefficient (Wildman–Crippen LogP) is 28.2. The minimum Gasteiger partial charge on any atom is -0.456 e. The van der Waals surface area contributed by atoms with Crippen LogP contribution in [0.3, 0.4) is 0 Å². The van der Waals surface area contributed by atoms with E-state index in [1.807, 2.05) is 78.9 Å². The van der Waals surface area contributed by atoms with E-state index in [2.05, 4.69) is 325 Å². The van der Waals surface area contributed by atoms with Gasteiger partial charge in [0.1, 0.15) is 22.3 Å². The zero-order chi connectivity index (χ0) is 73.3. The lowest BCUT2D eigenvalue weighted by Gasteiger charge is -2.19. The molecule has 516 valence electrons. The molecule has 0 unspecified atom stereocenters. The second kappa shape index (κ2) is 27.7. The normalized spacial score (nSPS) is 11.6. The summed E-state index contributed by atoms with van der Waals surface area (Å²) in [6.07, 6.45) is 0. The molecule has 0 aliphatic heterocycles. The first-order valence-electron chi connectivity index (χ1n) is 37.3. The molecule has 0 saturated heterocycles. The van der Waals surface area contributed by atoms with Gasteiger partial charge in [-0.3, -0.25) is 0 Å². The van der Waals surface area contributed by atoms with E-state index in [-0.39, 0.29) is 0 Å². The summed E-state index contributed by atoms with van der Waals surface area (Å²) in [5, 5.41) is 44.0. The van der Waals surface area contributed by atoms with Gasteiger partial charge in [-0.2, -0.15) is 0 Å². The van der Waals surface area contributed by atoms with Gasteiger partial charge in [0.2, 0.25) is 0 Å². The van der Waals surface area contributed by atoms with Gasteiger partial charge in [-0.05, 0) is 248 Å². The molecule has 0 aliphatic carbocycles. The second-order valence-corrected chi connectivity index (χ2v) is 29.3. The van der Waals surface area contributed by atoms with Crippen LogP contribution in [0.5, 0.6) is 0 Å². The molecule has 22 rings (SSSR count). The molecule has 2 N–H and O–H groups in total. The Morgan fingerprint density at radius 2 is 0.473 bits per heavy atom. The molecule has 0 atom stereocenters. The van der Waals surface area contributed by atoms with Crippen LogP contribution in [0.15, 0.2) is 402 Å². The summed E-state index contributed by atoms with van der Waals surface area (Å²) in [5.74, 6) is 0. The lowest BCUT2D eigenvalue weighted by Crippen LogP contribution is -2.31. The maximum absolute atomic E-state index is 10.3. The molecule has 22 aromatic rings. The highest BCUT2D eigenvalue weighted by Gasteiger charge is 2.24. The van der Waals surface area contributed by atoms with Crippen LogP contribution in [0.4, 0.5) is 0 Å². The molecular weight excluding hydrogens is 1400 g/mol. The van der Waals surface area contributed by atoms with Crippen molar-refractivity contribution in [1.82, 2.24) is 0 Å². The van der Waals surface area contributed by atoms with Crippen molar-refractivity contribution in [3.05, 3.63) is 393 Å². The number of halogens is 1. The van der Waals surface area contributed by atoms with E-state index in [9.17, 15) is 10.0 Å². The molecular formula is C104H66BBrO4. The molecule has 0 fully saturated rings. The van der Waals surface area contributed by atoms with E-state index in [1.54, 1.807) is 0 Å². The van der Waals surface area contributed by atoms with E-state index >= 15 is 0 Å². The summed E-state index contributed by atoms with van der Waals surface area (Å²) in [6.45, 7) is 0. The Morgan fingerprint density at radius 1 is 0.191 bits per heavy atom. The van der Waals surface area contributed by atoms with Gasteiger partial charge in [0.15, 0.2) is 0 Å². The van der Waals surface area contributed by atoms with Crippen LogP contribution in [0.1, 0.15) is 0 Å². The average Bonchev–Trinajstić information content (AvgIpc) is 1.00. The van der Waals surface area contributed by atoms with Gasteiger partial charge in [0.25, 0.3) is 0 Å². The van der Waals surface area contributed by atoms with Crippen molar-refractivity contribution in [2.75, 3.05) is 0 Å². The molecule has 20 aromatic carbocycles. The van der Waals surface area contributed by atoms with Crippen LogP contribution in [-0.4, -0.2) is 17.2 Å². The van der Waals surface area contributed by atoms with E-state index in [0.29, 0.717) is 5.46 Å². The Labute approximate surface area is 643 Å². The van der Waals surface area contributed by atoms with E-state index in [4.69, 9.17) is 8.83 Å². The SMILES string of the molecule is Brc1cccc(-c2ccc3oc4ccccc4c3c2)c1.OB(O)c1c2ccccc2c(-c2cccc(-c3cc4ccccc4c4ccccc34)c2)c2ccccc12.c1cc(-c2ccc3oc4ccccc4c3c2)cc(-c2c3ccccc3c(-c3cccc(-c4cc5ccccc5c5ccccc45)c3)c3ccccc23)c1. The zero-order valence-electron chi connectivity index (χ0n) is 59.6. The van der Waals surface area contributed by atoms with Crippen molar-refractivity contribution < 1.29 is 18.9 Å². The zero-order valence-corrected chi connectivity index (χ0v) is 61.2. The van der Waals surface area contributed by atoms with Crippen molar-refractivity contribution in [2.45, 2.75) is 0 Å². The first kappa shape index (κ1) is 66.0. The molecule has 0 aliphatic rings. The third-order valence-corrected chi connectivity index (χ3v) is 22.5. The lowest BCUT2D eigenvalue weighted by molar-refractivity contribution is 0.426. The first-order chi connectivity index (χ1) is 54.3. The van der Waals surface area contributed by atoms with Crippen LogP contribution >= 0.6 is 15.9 Å². The van der Waals surface area contributed by atoms with Crippen LogP contribution in [0.25, 0.3) is 208 Å². The smallest absolute Gasteiger partial charge is 0.456 e. The highest BCUT2D eigenvalue weighted by molar-refractivity contribution is 9.10. The maximum atomic E-state index is 10.3. The van der Waals surface area contributed by atoms with Gasteiger partial charge >= 0.3 is 7.12 Å². The van der Waals surface area contributed by atoms with Crippen molar-refractivity contribution in [2.24, 2.45) is 0 Å². The molecule has 6 heteroatoms. The van der Waals surface area contributed by atoms with Gasteiger partial charge in [-0.1, -0.05) is 325 Å². The molecule has 0 amide bonds. The highest BCUT2D eigenvalue weighted by atomic mass is 79.9. The van der Waals surface area contributed by atoms with Crippen LogP contribution in [0.2, 0.25) is 0 Å². The van der Waals surface area contributed by atoms with Crippen molar-refractivity contribution >= 4 is 159 Å². The summed E-state index contributed by atoms with van der Waals surface area (Å²) in [6, 6.07) is 138. The fourth-order valence-electron chi connectivity index (χ4n) is 17.1. The third kappa shape index (κ3) is 11.6. The fourth-order valence-corrected chi connectivity index (χ4v) is 17.5. The number of hydrogen-bond donors (Lipinski definition) is 2. The van der Waals surface area contributed by atoms with Gasteiger partial charge in [0.05, 0.1) is 0 Å². The van der Waals surface area contributed by atoms with Crippen molar-refractivity contribution in [3.63, 3.8) is 0 Å². The Balaban J connectivity index is 0.000000120. The molecule has 0 radical (unpaired) electrons. The van der Waals surface area contributed by atoms with Gasteiger partial charge in [-0.15, -0.1) is 0 Å². The quantitative estimate of drug-likeness (QED) is 0.0904. The van der Waals surface area contributed by atoms with Gasteiger partial charge in [-0.25, -0.2) is 0 Å². The molecule has 4 nitrogen and oxygen atoms in total. The number of para-hydroxylation sites is 2. The molecule has 0 spiro atoms. The van der Waals surface area contributed by atoms with E-state index < -0.39 is 7.12 Å². The Hall–Kier alpha value is -13.5. The Bertz CT molecular complexity index is 7320. The fraction of sp³-hybridized carbons (Fsp3) is 0. The average molecular weight is 1470 g/mol. The van der Waals surface area contributed by atoms with Crippen molar-refractivity contribution in [3.8, 4) is 77.9 Å². The number of rotatable bonds is 8. The largest absolute Gasteiger partial charge is 0.489 e. The minimum absolute atomic E-state index is 0.548. The molecule has 0 saturated carbocycles. The van der Waals surface area contributed by atoms with Crippen LogP contribution in [0, 0.1) is 0 Å². The molecule has 2 heterocycles. The Kier molecular flexibility index (Phi) is 16.6. The maximum Gasteiger partial charge on any atom is 0.489 e. The molecule has 0 bridgehead atoms. The van der Waals surface area contributed by atoms with Crippen LogP contribution < -0.4 is 5.46 Å². The Morgan fingerprint density at radius 3 is 0.873 bits per heavy atom. The summed E-state index contributed by atoms with van der Waals surface area (Å²) >= 11 is 3.52. The van der Waals surface area contributed by atoms with E-state index in [0.717, 1.165) is 81.2 Å². The summed E-state index contributed by atoms with van der Waals surface area (Å²) in [5.41, 5.74) is 21.0. The number of benzene rings is 20. The van der Waals surface area contributed by atoms with E-state index in [1.165, 1.54) is 131 Å². The topological polar surface area (TPSA) is 66.7 Å². The predicted molar refractivity (Wildman–Crippen MR) is 470 cm³/mol. The monoisotopic (exact) mass is 1470 g/mol. The molecule has 2 aromatic heterocycles. The minimum atomic E-state index is -1.56. The number of fused-ring (bicyclic) bond motifs is 16. The third-order valence-electron chi connectivity index (χ3n) is 22.0. The van der Waals surface area contributed by atoms with Crippen LogP contribution in [-0.2, 0) is 0 Å². The molecule has 110 heavy (non-hydrogen) atoms. The highest BCUT2D eigenvalue weighted by Crippen LogP contribution is 2.47. The number of hydrogen-bond acceptors (Lipinski definition) is 4. The van der Waals surface area contributed by atoms with Gasteiger partial charge in [0, 0.05) is 26.0 Å². The summed E-state index contributed by atoms with van der Waals surface area (Å²) in [7, 11) is -1.56. The first-order valence-corrected chi connectivity index (χ1v) is 38.0. The van der Waals surface area contributed by atoms with Gasteiger partial charge < -0.3 is 18.9 Å².